The molecule has 1 saturated heterocycles. The molecular formula is C12H15N3O2S. The normalized spacial score (nSPS) is 20.6. The molecule has 96 valence electrons. The Balaban J connectivity index is 1.64. The highest BCUT2D eigenvalue weighted by molar-refractivity contribution is 7.08. The molecule has 18 heavy (non-hydrogen) atoms. The lowest BCUT2D eigenvalue weighted by Gasteiger charge is -2.11. The summed E-state index contributed by atoms with van der Waals surface area (Å²) in [6.07, 6.45) is 1.04. The molecule has 3 rings (SSSR count). The summed E-state index contributed by atoms with van der Waals surface area (Å²) in [5, 5.41) is 17.1. The number of aliphatic hydroxyl groups is 1. The van der Waals surface area contributed by atoms with E-state index in [-0.39, 0.29) is 6.61 Å². The minimum absolute atomic E-state index is 0.264. The van der Waals surface area contributed by atoms with Crippen LogP contribution in [0.1, 0.15) is 12.3 Å². The van der Waals surface area contributed by atoms with Gasteiger partial charge < -0.3 is 9.63 Å². The first kappa shape index (κ1) is 11.8. The lowest BCUT2D eigenvalue weighted by molar-refractivity contribution is 0.211. The zero-order valence-electron chi connectivity index (χ0n) is 9.95. The van der Waals surface area contributed by atoms with Crippen LogP contribution in [0.3, 0.4) is 0 Å². The Morgan fingerprint density at radius 3 is 3.22 bits per heavy atom. The van der Waals surface area contributed by atoms with Crippen LogP contribution in [-0.4, -0.2) is 39.8 Å². The summed E-state index contributed by atoms with van der Waals surface area (Å²) in [5.41, 5.74) is 1.00. The Bertz CT molecular complexity index is 497. The van der Waals surface area contributed by atoms with Crippen LogP contribution >= 0.6 is 11.3 Å². The number of thiophene rings is 1. The molecule has 0 amide bonds. The molecule has 3 heterocycles. The van der Waals surface area contributed by atoms with E-state index in [1.807, 2.05) is 16.8 Å². The summed E-state index contributed by atoms with van der Waals surface area (Å²) in [6.45, 7) is 2.84. The molecule has 2 aromatic heterocycles. The van der Waals surface area contributed by atoms with Gasteiger partial charge in [0.2, 0.25) is 11.7 Å². The highest BCUT2D eigenvalue weighted by atomic mass is 32.1. The van der Waals surface area contributed by atoms with E-state index in [0.29, 0.717) is 24.2 Å². The van der Waals surface area contributed by atoms with Crippen LogP contribution in [0.2, 0.25) is 0 Å². The van der Waals surface area contributed by atoms with Crippen LogP contribution in [0.4, 0.5) is 0 Å². The topological polar surface area (TPSA) is 62.4 Å². The first-order valence-corrected chi connectivity index (χ1v) is 6.98. The Labute approximate surface area is 109 Å². The predicted molar refractivity (Wildman–Crippen MR) is 68.1 cm³/mol. The van der Waals surface area contributed by atoms with Crippen molar-refractivity contribution in [2.75, 3.05) is 19.7 Å². The Kier molecular flexibility index (Phi) is 3.40. The molecule has 1 atom stereocenters. The predicted octanol–water partition coefficient (Wildman–Crippen LogP) is 1.61. The summed E-state index contributed by atoms with van der Waals surface area (Å²) in [6, 6.07) is 1.98. The van der Waals surface area contributed by atoms with Crippen molar-refractivity contribution in [1.82, 2.24) is 15.0 Å². The molecular weight excluding hydrogens is 250 g/mol. The molecule has 5 nitrogen and oxygen atoms in total. The van der Waals surface area contributed by atoms with E-state index in [0.717, 1.165) is 25.1 Å². The second kappa shape index (κ2) is 5.17. The maximum atomic E-state index is 9.10. The van der Waals surface area contributed by atoms with Gasteiger partial charge in [-0.25, -0.2) is 0 Å². The van der Waals surface area contributed by atoms with Crippen LogP contribution in [-0.2, 0) is 6.54 Å². The van der Waals surface area contributed by atoms with Crippen LogP contribution < -0.4 is 0 Å². The Morgan fingerprint density at radius 1 is 1.56 bits per heavy atom. The van der Waals surface area contributed by atoms with E-state index in [4.69, 9.17) is 9.63 Å². The number of hydrogen-bond acceptors (Lipinski definition) is 6. The van der Waals surface area contributed by atoms with Crippen molar-refractivity contribution in [3.63, 3.8) is 0 Å². The van der Waals surface area contributed by atoms with Crippen molar-refractivity contribution in [2.24, 2.45) is 5.92 Å². The minimum atomic E-state index is 0.264. The molecule has 1 aliphatic rings. The largest absolute Gasteiger partial charge is 0.396 e. The van der Waals surface area contributed by atoms with Gasteiger partial charge in [-0.1, -0.05) is 5.16 Å². The summed E-state index contributed by atoms with van der Waals surface area (Å²) in [5.74, 6) is 1.70. The van der Waals surface area contributed by atoms with Gasteiger partial charge in [-0.3, -0.25) is 4.90 Å². The van der Waals surface area contributed by atoms with Crippen molar-refractivity contribution in [3.8, 4) is 11.4 Å². The van der Waals surface area contributed by atoms with E-state index >= 15 is 0 Å². The summed E-state index contributed by atoms with van der Waals surface area (Å²) in [7, 11) is 0. The van der Waals surface area contributed by atoms with Crippen LogP contribution in [0.25, 0.3) is 11.4 Å². The zero-order chi connectivity index (χ0) is 12.4. The monoisotopic (exact) mass is 265 g/mol. The molecule has 0 radical (unpaired) electrons. The fourth-order valence-corrected chi connectivity index (χ4v) is 2.86. The highest BCUT2D eigenvalue weighted by Gasteiger charge is 2.23. The Morgan fingerprint density at radius 2 is 2.50 bits per heavy atom. The average molecular weight is 265 g/mol. The number of aromatic nitrogens is 2. The highest BCUT2D eigenvalue weighted by Crippen LogP contribution is 2.21. The molecule has 1 N–H and O–H groups in total. The first-order valence-electron chi connectivity index (χ1n) is 6.03. The van der Waals surface area contributed by atoms with E-state index in [1.165, 1.54) is 0 Å². The standard InChI is InChI=1S/C12H15N3O2S/c16-7-9-1-3-15(5-9)6-11-13-12(14-17-11)10-2-4-18-8-10/h2,4,8-9,16H,1,3,5-7H2. The summed E-state index contributed by atoms with van der Waals surface area (Å²) >= 11 is 1.62. The molecule has 1 fully saturated rings. The lowest BCUT2D eigenvalue weighted by atomic mass is 10.1. The van der Waals surface area contributed by atoms with Crippen LogP contribution in [0.5, 0.6) is 0 Å². The summed E-state index contributed by atoms with van der Waals surface area (Å²) < 4.78 is 5.26. The second-order valence-electron chi connectivity index (χ2n) is 4.60. The minimum Gasteiger partial charge on any atom is -0.396 e. The third-order valence-electron chi connectivity index (χ3n) is 3.23. The van der Waals surface area contributed by atoms with Gasteiger partial charge in [-0.15, -0.1) is 0 Å². The third-order valence-corrected chi connectivity index (χ3v) is 3.92. The van der Waals surface area contributed by atoms with Crippen molar-refractivity contribution in [3.05, 3.63) is 22.7 Å². The summed E-state index contributed by atoms with van der Waals surface area (Å²) in [4.78, 5) is 6.63. The lowest BCUT2D eigenvalue weighted by Crippen LogP contribution is -2.21. The van der Waals surface area contributed by atoms with Crippen molar-refractivity contribution in [2.45, 2.75) is 13.0 Å². The zero-order valence-corrected chi connectivity index (χ0v) is 10.8. The average Bonchev–Trinajstić information content (AvgIpc) is 3.10. The number of rotatable bonds is 4. The van der Waals surface area contributed by atoms with Gasteiger partial charge in [-0.05, 0) is 30.3 Å². The Hall–Kier alpha value is -1.24. The number of hydrogen-bond donors (Lipinski definition) is 1. The van der Waals surface area contributed by atoms with Crippen LogP contribution in [0.15, 0.2) is 21.3 Å². The van der Waals surface area contributed by atoms with Crippen molar-refractivity contribution in [1.29, 1.82) is 0 Å². The van der Waals surface area contributed by atoms with Gasteiger partial charge in [0.15, 0.2) is 0 Å². The fourth-order valence-electron chi connectivity index (χ4n) is 2.22. The molecule has 0 saturated carbocycles. The van der Waals surface area contributed by atoms with Crippen LogP contribution in [0, 0.1) is 5.92 Å². The maximum absolute atomic E-state index is 9.10. The van der Waals surface area contributed by atoms with Gasteiger partial charge in [0.25, 0.3) is 0 Å². The van der Waals surface area contributed by atoms with E-state index in [2.05, 4.69) is 15.0 Å². The van der Waals surface area contributed by atoms with E-state index < -0.39 is 0 Å². The van der Waals surface area contributed by atoms with Crippen molar-refractivity contribution >= 4 is 11.3 Å². The molecule has 0 spiro atoms. The fraction of sp³-hybridized carbons (Fsp3) is 0.500. The first-order chi connectivity index (χ1) is 8.85. The molecule has 1 aliphatic heterocycles. The SMILES string of the molecule is OCC1CCN(Cc2nc(-c3ccsc3)no2)C1. The van der Waals surface area contributed by atoms with Gasteiger partial charge in [0.05, 0.1) is 6.54 Å². The van der Waals surface area contributed by atoms with E-state index in [1.54, 1.807) is 11.3 Å². The quantitative estimate of drug-likeness (QED) is 0.910. The molecule has 1 unspecified atom stereocenters. The van der Waals surface area contributed by atoms with E-state index in [9.17, 15) is 0 Å². The molecule has 0 bridgehead atoms. The van der Waals surface area contributed by atoms with Gasteiger partial charge in [-0.2, -0.15) is 16.3 Å². The van der Waals surface area contributed by atoms with Gasteiger partial charge >= 0.3 is 0 Å². The number of aliphatic hydroxyl groups excluding tert-OH is 1. The maximum Gasteiger partial charge on any atom is 0.241 e. The second-order valence-corrected chi connectivity index (χ2v) is 5.38. The number of nitrogens with zero attached hydrogens (tertiary/aromatic N) is 3. The number of likely N-dealkylation sites (tertiary alicyclic amines) is 1. The molecule has 0 aliphatic carbocycles. The van der Waals surface area contributed by atoms with Crippen molar-refractivity contribution < 1.29 is 9.63 Å². The molecule has 2 aromatic rings. The van der Waals surface area contributed by atoms with Gasteiger partial charge in [0, 0.05) is 24.1 Å². The van der Waals surface area contributed by atoms with Gasteiger partial charge in [0.1, 0.15) is 0 Å². The smallest absolute Gasteiger partial charge is 0.241 e. The third kappa shape index (κ3) is 2.45. The molecule has 0 aromatic carbocycles. The molecule has 6 heteroatoms.